The van der Waals surface area contributed by atoms with E-state index in [0.717, 1.165) is 43.1 Å². The van der Waals surface area contributed by atoms with Gasteiger partial charge in [0.15, 0.2) is 0 Å². The molecule has 0 saturated carbocycles. The van der Waals surface area contributed by atoms with Gasteiger partial charge in [-0.25, -0.2) is 4.98 Å². The highest BCUT2D eigenvalue weighted by atomic mass is 16.5. The number of para-hydroxylation sites is 1. The Hall–Kier alpha value is -2.56. The van der Waals surface area contributed by atoms with Crippen molar-refractivity contribution in [3.8, 4) is 5.75 Å². The minimum Gasteiger partial charge on any atom is -0.496 e. The van der Waals surface area contributed by atoms with Crippen LogP contribution in [0.3, 0.4) is 0 Å². The van der Waals surface area contributed by atoms with Crippen molar-refractivity contribution in [1.82, 2.24) is 10.3 Å². The van der Waals surface area contributed by atoms with E-state index >= 15 is 0 Å². The fourth-order valence-corrected chi connectivity index (χ4v) is 3.14. The molecule has 5 heteroatoms. The maximum atomic E-state index is 12.4. The van der Waals surface area contributed by atoms with E-state index in [4.69, 9.17) is 4.74 Å². The first kappa shape index (κ1) is 16.3. The second-order valence-electron chi connectivity index (χ2n) is 6.03. The number of hydrogen-bond donors (Lipinski definition) is 1. The number of nitrogens with one attached hydrogen (secondary N) is 1. The van der Waals surface area contributed by atoms with Crippen LogP contribution < -0.4 is 15.0 Å². The van der Waals surface area contributed by atoms with Crippen LogP contribution in [0.25, 0.3) is 0 Å². The van der Waals surface area contributed by atoms with Gasteiger partial charge in [-0.15, -0.1) is 0 Å². The standard InChI is InChI=1S/C19H23N3O2/c1-24-17-9-3-2-7-15(17)13-19(23)21-16-8-6-12-22(14-16)18-10-4-5-11-20-18/h2-5,7,9-11,16H,6,8,12-14H2,1H3,(H,21,23). The topological polar surface area (TPSA) is 54.5 Å². The van der Waals surface area contributed by atoms with Crippen molar-refractivity contribution in [1.29, 1.82) is 0 Å². The molecule has 2 heterocycles. The van der Waals surface area contributed by atoms with Gasteiger partial charge in [-0.1, -0.05) is 24.3 Å². The van der Waals surface area contributed by atoms with Crippen molar-refractivity contribution in [2.45, 2.75) is 25.3 Å². The van der Waals surface area contributed by atoms with Gasteiger partial charge in [0.25, 0.3) is 0 Å². The number of anilines is 1. The Labute approximate surface area is 142 Å². The highest BCUT2D eigenvalue weighted by molar-refractivity contribution is 5.79. The lowest BCUT2D eigenvalue weighted by Crippen LogP contribution is -2.48. The molecule has 0 spiro atoms. The molecule has 2 aromatic rings. The summed E-state index contributed by atoms with van der Waals surface area (Å²) >= 11 is 0. The van der Waals surface area contributed by atoms with E-state index < -0.39 is 0 Å². The molecule has 0 aliphatic carbocycles. The fourth-order valence-electron chi connectivity index (χ4n) is 3.14. The summed E-state index contributed by atoms with van der Waals surface area (Å²) < 4.78 is 5.31. The second-order valence-corrected chi connectivity index (χ2v) is 6.03. The van der Waals surface area contributed by atoms with Gasteiger partial charge in [0.2, 0.25) is 5.91 Å². The average Bonchev–Trinajstić information content (AvgIpc) is 2.63. The van der Waals surface area contributed by atoms with Crippen LogP contribution in [0.5, 0.6) is 5.75 Å². The quantitative estimate of drug-likeness (QED) is 0.917. The Morgan fingerprint density at radius 1 is 1.29 bits per heavy atom. The van der Waals surface area contributed by atoms with Crippen molar-refractivity contribution in [2.75, 3.05) is 25.1 Å². The van der Waals surface area contributed by atoms with Crippen LogP contribution >= 0.6 is 0 Å². The van der Waals surface area contributed by atoms with Crippen LogP contribution in [0.1, 0.15) is 18.4 Å². The zero-order valence-corrected chi connectivity index (χ0v) is 13.9. The van der Waals surface area contributed by atoms with Crippen molar-refractivity contribution in [3.05, 3.63) is 54.2 Å². The van der Waals surface area contributed by atoms with Crippen molar-refractivity contribution >= 4 is 11.7 Å². The predicted molar refractivity (Wildman–Crippen MR) is 94.3 cm³/mol. The van der Waals surface area contributed by atoms with Gasteiger partial charge in [-0.3, -0.25) is 4.79 Å². The van der Waals surface area contributed by atoms with E-state index in [-0.39, 0.29) is 11.9 Å². The Balaban J connectivity index is 1.58. The number of hydrogen-bond acceptors (Lipinski definition) is 4. The maximum absolute atomic E-state index is 12.4. The molecule has 1 atom stereocenters. The zero-order chi connectivity index (χ0) is 16.8. The first-order valence-corrected chi connectivity index (χ1v) is 8.33. The molecule has 1 aromatic heterocycles. The molecule has 1 aliphatic heterocycles. The minimum absolute atomic E-state index is 0.0346. The minimum atomic E-state index is 0.0346. The van der Waals surface area contributed by atoms with Crippen molar-refractivity contribution in [3.63, 3.8) is 0 Å². The Kier molecular flexibility index (Phi) is 5.31. The number of piperidine rings is 1. The summed E-state index contributed by atoms with van der Waals surface area (Å²) in [4.78, 5) is 19.0. The van der Waals surface area contributed by atoms with Crippen LogP contribution in [-0.4, -0.2) is 37.1 Å². The molecule has 1 aliphatic rings. The number of ether oxygens (including phenoxy) is 1. The lowest BCUT2D eigenvalue weighted by Gasteiger charge is -2.34. The molecule has 3 rings (SSSR count). The van der Waals surface area contributed by atoms with E-state index in [9.17, 15) is 4.79 Å². The van der Waals surface area contributed by atoms with E-state index in [0.29, 0.717) is 6.42 Å². The second kappa shape index (κ2) is 7.81. The molecule has 1 N–H and O–H groups in total. The van der Waals surface area contributed by atoms with E-state index in [2.05, 4.69) is 15.2 Å². The fraction of sp³-hybridized carbons (Fsp3) is 0.368. The first-order valence-electron chi connectivity index (χ1n) is 8.33. The lowest BCUT2D eigenvalue weighted by molar-refractivity contribution is -0.121. The monoisotopic (exact) mass is 325 g/mol. The van der Waals surface area contributed by atoms with Crippen molar-refractivity contribution in [2.24, 2.45) is 0 Å². The summed E-state index contributed by atoms with van der Waals surface area (Å²) in [6.07, 6.45) is 4.19. The largest absolute Gasteiger partial charge is 0.496 e. The summed E-state index contributed by atoms with van der Waals surface area (Å²) in [7, 11) is 1.63. The average molecular weight is 325 g/mol. The third-order valence-corrected chi connectivity index (χ3v) is 4.30. The van der Waals surface area contributed by atoms with Crippen LogP contribution in [0.15, 0.2) is 48.7 Å². The molecule has 1 fully saturated rings. The first-order chi connectivity index (χ1) is 11.8. The van der Waals surface area contributed by atoms with Crippen molar-refractivity contribution < 1.29 is 9.53 Å². The number of carbonyl (C=O) groups is 1. The summed E-state index contributed by atoms with van der Waals surface area (Å²) in [5, 5.41) is 3.15. The van der Waals surface area contributed by atoms with E-state index in [1.807, 2.05) is 42.5 Å². The van der Waals surface area contributed by atoms with Gasteiger partial charge in [-0.05, 0) is 31.0 Å². The lowest BCUT2D eigenvalue weighted by atomic mass is 10.0. The van der Waals surface area contributed by atoms with Gasteiger partial charge < -0.3 is 15.0 Å². The number of rotatable bonds is 5. The summed E-state index contributed by atoms with van der Waals surface area (Å²) in [6.45, 7) is 1.78. The number of nitrogens with zero attached hydrogens (tertiary/aromatic N) is 2. The third kappa shape index (κ3) is 4.04. The molecule has 126 valence electrons. The smallest absolute Gasteiger partial charge is 0.224 e. The van der Waals surface area contributed by atoms with Crippen LogP contribution in [0.4, 0.5) is 5.82 Å². The molecular weight excluding hydrogens is 302 g/mol. The number of pyridine rings is 1. The zero-order valence-electron chi connectivity index (χ0n) is 13.9. The molecule has 0 radical (unpaired) electrons. The Morgan fingerprint density at radius 2 is 2.12 bits per heavy atom. The number of aromatic nitrogens is 1. The van der Waals surface area contributed by atoms with E-state index in [1.165, 1.54) is 0 Å². The molecule has 1 aromatic carbocycles. The normalized spacial score (nSPS) is 17.4. The van der Waals surface area contributed by atoms with Gasteiger partial charge >= 0.3 is 0 Å². The number of carbonyl (C=O) groups excluding carboxylic acids is 1. The Bertz CT molecular complexity index is 675. The number of amides is 1. The molecular formula is C19H23N3O2. The third-order valence-electron chi connectivity index (χ3n) is 4.30. The number of benzene rings is 1. The number of methoxy groups -OCH3 is 1. The maximum Gasteiger partial charge on any atom is 0.224 e. The molecule has 24 heavy (non-hydrogen) atoms. The molecule has 5 nitrogen and oxygen atoms in total. The highest BCUT2D eigenvalue weighted by Crippen LogP contribution is 2.19. The Morgan fingerprint density at radius 3 is 2.92 bits per heavy atom. The molecule has 1 unspecified atom stereocenters. The summed E-state index contributed by atoms with van der Waals surface area (Å²) in [6, 6.07) is 13.7. The highest BCUT2D eigenvalue weighted by Gasteiger charge is 2.22. The van der Waals surface area contributed by atoms with Gasteiger partial charge in [0.1, 0.15) is 11.6 Å². The van der Waals surface area contributed by atoms with Crippen LogP contribution in [0, 0.1) is 0 Å². The van der Waals surface area contributed by atoms with Gasteiger partial charge in [0.05, 0.1) is 13.5 Å². The van der Waals surface area contributed by atoms with Crippen LogP contribution in [-0.2, 0) is 11.2 Å². The predicted octanol–water partition coefficient (Wildman–Crippen LogP) is 2.42. The SMILES string of the molecule is COc1ccccc1CC(=O)NC1CCCN(c2ccccn2)C1. The van der Waals surface area contributed by atoms with Gasteiger partial charge in [0, 0.05) is 30.9 Å². The summed E-state index contributed by atoms with van der Waals surface area (Å²) in [5.74, 6) is 1.76. The van der Waals surface area contributed by atoms with E-state index in [1.54, 1.807) is 13.3 Å². The van der Waals surface area contributed by atoms with Gasteiger partial charge in [-0.2, -0.15) is 0 Å². The molecule has 1 amide bonds. The molecule has 1 saturated heterocycles. The summed E-state index contributed by atoms with van der Waals surface area (Å²) in [5.41, 5.74) is 0.912. The van der Waals surface area contributed by atoms with Crippen LogP contribution in [0.2, 0.25) is 0 Å². The molecule has 0 bridgehead atoms.